The second-order valence-electron chi connectivity index (χ2n) is 5.68. The molecular formula is C14H30N2O. The number of hydrogen-bond acceptors (Lipinski definition) is 3. The molecule has 3 nitrogen and oxygen atoms in total. The molecule has 0 amide bonds. The molecule has 0 spiro atoms. The average molecular weight is 242 g/mol. The lowest BCUT2D eigenvalue weighted by Gasteiger charge is -2.32. The van der Waals surface area contributed by atoms with Gasteiger partial charge in [0.05, 0.1) is 6.61 Å². The first kappa shape index (κ1) is 14.9. The maximum Gasteiger partial charge on any atom is 0.0622 e. The summed E-state index contributed by atoms with van der Waals surface area (Å²) in [4.78, 5) is 2.53. The molecule has 1 heterocycles. The van der Waals surface area contributed by atoms with Gasteiger partial charge in [0.2, 0.25) is 0 Å². The third kappa shape index (κ3) is 5.36. The van der Waals surface area contributed by atoms with Crippen LogP contribution in [-0.2, 0) is 4.74 Å². The number of rotatable bonds is 8. The van der Waals surface area contributed by atoms with E-state index in [-0.39, 0.29) is 0 Å². The SMILES string of the molecule is CCCC(CNCC(C)C)N(C)C1CCOC1. The Morgan fingerprint density at radius 1 is 1.35 bits per heavy atom. The normalized spacial score (nSPS) is 22.6. The fourth-order valence-corrected chi connectivity index (χ4v) is 2.46. The maximum atomic E-state index is 5.49. The molecule has 0 aromatic rings. The molecule has 3 heteroatoms. The molecule has 1 aliphatic heterocycles. The molecule has 102 valence electrons. The molecule has 0 aliphatic carbocycles. The van der Waals surface area contributed by atoms with Crippen molar-refractivity contribution in [2.24, 2.45) is 5.92 Å². The highest BCUT2D eigenvalue weighted by Crippen LogP contribution is 2.15. The summed E-state index contributed by atoms with van der Waals surface area (Å²) < 4.78 is 5.49. The van der Waals surface area contributed by atoms with Crippen LogP contribution in [0, 0.1) is 5.92 Å². The zero-order valence-corrected chi connectivity index (χ0v) is 12.0. The van der Waals surface area contributed by atoms with Crippen molar-refractivity contribution >= 4 is 0 Å². The van der Waals surface area contributed by atoms with Crippen LogP contribution >= 0.6 is 0 Å². The Morgan fingerprint density at radius 3 is 2.65 bits per heavy atom. The van der Waals surface area contributed by atoms with E-state index in [1.165, 1.54) is 19.3 Å². The van der Waals surface area contributed by atoms with Gasteiger partial charge in [-0.2, -0.15) is 0 Å². The summed E-state index contributed by atoms with van der Waals surface area (Å²) in [6.45, 7) is 10.9. The summed E-state index contributed by atoms with van der Waals surface area (Å²) >= 11 is 0. The molecule has 0 saturated carbocycles. The highest BCUT2D eigenvalue weighted by molar-refractivity contribution is 4.80. The van der Waals surface area contributed by atoms with Gasteiger partial charge in [0.1, 0.15) is 0 Å². The number of likely N-dealkylation sites (N-methyl/N-ethyl adjacent to an activating group) is 1. The highest BCUT2D eigenvalue weighted by atomic mass is 16.5. The van der Waals surface area contributed by atoms with Gasteiger partial charge in [0.15, 0.2) is 0 Å². The van der Waals surface area contributed by atoms with Crippen LogP contribution in [0.5, 0.6) is 0 Å². The Bertz CT molecular complexity index is 191. The number of hydrogen-bond donors (Lipinski definition) is 1. The molecule has 0 aromatic carbocycles. The smallest absolute Gasteiger partial charge is 0.0622 e. The first-order valence-corrected chi connectivity index (χ1v) is 7.15. The van der Waals surface area contributed by atoms with Gasteiger partial charge in [-0.05, 0) is 32.4 Å². The van der Waals surface area contributed by atoms with Gasteiger partial charge in [-0.25, -0.2) is 0 Å². The fourth-order valence-electron chi connectivity index (χ4n) is 2.46. The van der Waals surface area contributed by atoms with Crippen LogP contribution in [0.2, 0.25) is 0 Å². The quantitative estimate of drug-likeness (QED) is 0.705. The zero-order chi connectivity index (χ0) is 12.7. The minimum absolute atomic E-state index is 0.632. The molecule has 17 heavy (non-hydrogen) atoms. The van der Waals surface area contributed by atoms with Crippen LogP contribution in [0.3, 0.4) is 0 Å². The third-order valence-corrected chi connectivity index (χ3v) is 3.61. The minimum Gasteiger partial charge on any atom is -0.380 e. The monoisotopic (exact) mass is 242 g/mol. The molecule has 0 radical (unpaired) electrons. The second kappa shape index (κ2) is 8.06. The standard InChI is InChI=1S/C14H30N2O/c1-5-6-13(10-15-9-12(2)3)16(4)14-7-8-17-11-14/h12-15H,5-11H2,1-4H3. The second-order valence-corrected chi connectivity index (χ2v) is 5.68. The van der Waals surface area contributed by atoms with E-state index in [1.807, 2.05) is 0 Å². The first-order valence-electron chi connectivity index (χ1n) is 7.15. The van der Waals surface area contributed by atoms with Gasteiger partial charge in [0.25, 0.3) is 0 Å². The Hall–Kier alpha value is -0.120. The Labute approximate surface area is 107 Å². The zero-order valence-electron chi connectivity index (χ0n) is 12.0. The largest absolute Gasteiger partial charge is 0.380 e. The van der Waals surface area contributed by atoms with E-state index in [2.05, 4.69) is 38.0 Å². The van der Waals surface area contributed by atoms with Gasteiger partial charge in [-0.1, -0.05) is 27.2 Å². The first-order chi connectivity index (χ1) is 8.15. The van der Waals surface area contributed by atoms with Crippen molar-refractivity contribution in [3.63, 3.8) is 0 Å². The molecule has 2 unspecified atom stereocenters. The van der Waals surface area contributed by atoms with Crippen molar-refractivity contribution in [1.82, 2.24) is 10.2 Å². The minimum atomic E-state index is 0.632. The van der Waals surface area contributed by atoms with Crippen LogP contribution in [0.15, 0.2) is 0 Å². The van der Waals surface area contributed by atoms with E-state index in [0.29, 0.717) is 12.1 Å². The molecular weight excluding hydrogens is 212 g/mol. The van der Waals surface area contributed by atoms with Crippen LogP contribution in [-0.4, -0.2) is 50.3 Å². The van der Waals surface area contributed by atoms with E-state index in [1.54, 1.807) is 0 Å². The van der Waals surface area contributed by atoms with Crippen molar-refractivity contribution in [1.29, 1.82) is 0 Å². The summed E-state index contributed by atoms with van der Waals surface area (Å²) in [5, 5.41) is 3.59. The lowest BCUT2D eigenvalue weighted by Crippen LogP contribution is -2.46. The topological polar surface area (TPSA) is 24.5 Å². The van der Waals surface area contributed by atoms with Gasteiger partial charge >= 0.3 is 0 Å². The van der Waals surface area contributed by atoms with E-state index < -0.39 is 0 Å². The number of nitrogens with zero attached hydrogens (tertiary/aromatic N) is 1. The predicted octanol–water partition coefficient (Wildman–Crippen LogP) is 2.12. The molecule has 1 saturated heterocycles. The Morgan fingerprint density at radius 2 is 2.12 bits per heavy atom. The Balaban J connectivity index is 2.34. The van der Waals surface area contributed by atoms with E-state index in [0.717, 1.165) is 32.2 Å². The van der Waals surface area contributed by atoms with Crippen molar-refractivity contribution in [3.05, 3.63) is 0 Å². The molecule has 0 bridgehead atoms. The van der Waals surface area contributed by atoms with Crippen molar-refractivity contribution in [3.8, 4) is 0 Å². The van der Waals surface area contributed by atoms with Crippen LogP contribution in [0.4, 0.5) is 0 Å². The number of ether oxygens (including phenoxy) is 1. The van der Waals surface area contributed by atoms with Crippen molar-refractivity contribution < 1.29 is 4.74 Å². The number of nitrogens with one attached hydrogen (secondary N) is 1. The summed E-state index contributed by atoms with van der Waals surface area (Å²) in [6.07, 6.45) is 3.73. The summed E-state index contributed by atoms with van der Waals surface area (Å²) in [5.41, 5.74) is 0. The average Bonchev–Trinajstić information content (AvgIpc) is 2.80. The summed E-state index contributed by atoms with van der Waals surface area (Å²) in [7, 11) is 2.26. The van der Waals surface area contributed by atoms with E-state index >= 15 is 0 Å². The summed E-state index contributed by atoms with van der Waals surface area (Å²) in [6, 6.07) is 1.29. The molecule has 1 rings (SSSR count). The van der Waals surface area contributed by atoms with Gasteiger partial charge in [0, 0.05) is 25.2 Å². The van der Waals surface area contributed by atoms with Gasteiger partial charge < -0.3 is 10.1 Å². The molecule has 1 N–H and O–H groups in total. The van der Waals surface area contributed by atoms with Crippen molar-refractivity contribution in [2.75, 3.05) is 33.4 Å². The fraction of sp³-hybridized carbons (Fsp3) is 1.00. The van der Waals surface area contributed by atoms with Crippen LogP contribution < -0.4 is 5.32 Å². The Kier molecular flexibility index (Phi) is 7.09. The molecule has 0 aromatic heterocycles. The maximum absolute atomic E-state index is 5.49. The molecule has 1 fully saturated rings. The van der Waals surface area contributed by atoms with Crippen molar-refractivity contribution in [2.45, 2.75) is 52.1 Å². The lowest BCUT2D eigenvalue weighted by molar-refractivity contribution is 0.126. The summed E-state index contributed by atoms with van der Waals surface area (Å²) in [5.74, 6) is 0.734. The van der Waals surface area contributed by atoms with E-state index in [4.69, 9.17) is 4.74 Å². The molecule has 2 atom stereocenters. The highest BCUT2D eigenvalue weighted by Gasteiger charge is 2.25. The van der Waals surface area contributed by atoms with Gasteiger partial charge in [-0.3, -0.25) is 4.90 Å². The lowest BCUT2D eigenvalue weighted by atomic mass is 10.1. The molecule has 1 aliphatic rings. The predicted molar refractivity (Wildman–Crippen MR) is 73.4 cm³/mol. The van der Waals surface area contributed by atoms with E-state index in [9.17, 15) is 0 Å². The third-order valence-electron chi connectivity index (χ3n) is 3.61. The van der Waals surface area contributed by atoms with Crippen LogP contribution in [0.25, 0.3) is 0 Å². The van der Waals surface area contributed by atoms with Crippen LogP contribution in [0.1, 0.15) is 40.0 Å². The van der Waals surface area contributed by atoms with Gasteiger partial charge in [-0.15, -0.1) is 0 Å².